The van der Waals surface area contributed by atoms with Crippen LogP contribution >= 0.6 is 0 Å². The lowest BCUT2D eigenvalue weighted by Gasteiger charge is -2.28. The van der Waals surface area contributed by atoms with E-state index in [-0.39, 0.29) is 5.41 Å². The van der Waals surface area contributed by atoms with Crippen molar-refractivity contribution < 1.29 is 8.83 Å². The van der Waals surface area contributed by atoms with Gasteiger partial charge in [0.15, 0.2) is 5.58 Å². The molecule has 0 radical (unpaired) electrons. The minimum absolute atomic E-state index is 0.144. The molecule has 56 heavy (non-hydrogen) atoms. The summed E-state index contributed by atoms with van der Waals surface area (Å²) in [5, 5.41) is 9.03. The Morgan fingerprint density at radius 2 is 1.04 bits per heavy atom. The molecule has 9 aromatic carbocycles. The first-order valence-electron chi connectivity index (χ1n) is 19.3. The van der Waals surface area contributed by atoms with Crippen molar-refractivity contribution in [2.45, 2.75) is 19.3 Å². The van der Waals surface area contributed by atoms with Crippen LogP contribution in [0.4, 0.5) is 17.1 Å². The van der Waals surface area contributed by atoms with Crippen LogP contribution < -0.4 is 4.90 Å². The van der Waals surface area contributed by atoms with E-state index < -0.39 is 0 Å². The third-order valence-corrected chi connectivity index (χ3v) is 12.2. The highest BCUT2D eigenvalue weighted by atomic mass is 16.3. The third-order valence-electron chi connectivity index (χ3n) is 12.2. The minimum atomic E-state index is -0.144. The molecular formula is C53H35NO2. The molecule has 1 aliphatic carbocycles. The molecule has 0 spiro atoms. The zero-order chi connectivity index (χ0) is 37.1. The number of anilines is 3. The van der Waals surface area contributed by atoms with Gasteiger partial charge in [0.25, 0.3) is 0 Å². The van der Waals surface area contributed by atoms with Gasteiger partial charge in [0.2, 0.25) is 0 Å². The molecule has 11 aromatic rings. The highest BCUT2D eigenvalue weighted by molar-refractivity contribution is 6.23. The number of fused-ring (bicyclic) bond motifs is 11. The normalized spacial score (nSPS) is 13.3. The summed E-state index contributed by atoms with van der Waals surface area (Å²) in [6, 6.07) is 63.4. The van der Waals surface area contributed by atoms with Crippen molar-refractivity contribution in [3.8, 4) is 22.3 Å². The summed E-state index contributed by atoms with van der Waals surface area (Å²) in [5.41, 5.74) is 13.8. The van der Waals surface area contributed by atoms with Gasteiger partial charge in [-0.2, -0.15) is 0 Å². The van der Waals surface area contributed by atoms with Crippen molar-refractivity contribution in [2.24, 2.45) is 0 Å². The monoisotopic (exact) mass is 717 g/mol. The molecule has 12 rings (SSSR count). The smallest absolute Gasteiger partial charge is 0.159 e. The molecule has 0 saturated carbocycles. The summed E-state index contributed by atoms with van der Waals surface area (Å²) in [4.78, 5) is 2.38. The maximum Gasteiger partial charge on any atom is 0.159 e. The molecular weight excluding hydrogens is 683 g/mol. The second-order valence-electron chi connectivity index (χ2n) is 15.7. The van der Waals surface area contributed by atoms with Crippen LogP contribution in [0.25, 0.3) is 87.7 Å². The average molecular weight is 718 g/mol. The van der Waals surface area contributed by atoms with Crippen molar-refractivity contribution in [1.29, 1.82) is 0 Å². The van der Waals surface area contributed by atoms with Gasteiger partial charge in [-0.15, -0.1) is 0 Å². The average Bonchev–Trinajstić information content (AvgIpc) is 3.88. The van der Waals surface area contributed by atoms with Gasteiger partial charge >= 0.3 is 0 Å². The van der Waals surface area contributed by atoms with Gasteiger partial charge < -0.3 is 13.7 Å². The number of benzene rings is 9. The van der Waals surface area contributed by atoms with Crippen LogP contribution in [0, 0.1) is 0 Å². The third kappa shape index (κ3) is 4.34. The lowest BCUT2D eigenvalue weighted by Crippen LogP contribution is -2.16. The summed E-state index contributed by atoms with van der Waals surface area (Å²) in [5.74, 6) is 0. The van der Waals surface area contributed by atoms with Crippen molar-refractivity contribution >= 4 is 82.5 Å². The van der Waals surface area contributed by atoms with Crippen LogP contribution in [0.15, 0.2) is 185 Å². The number of hydrogen-bond donors (Lipinski definition) is 0. The quantitative estimate of drug-likeness (QED) is 0.182. The summed E-state index contributed by atoms with van der Waals surface area (Å²) in [6.45, 7) is 4.69. The topological polar surface area (TPSA) is 29.5 Å². The fourth-order valence-corrected chi connectivity index (χ4v) is 9.54. The Balaban J connectivity index is 1.15. The van der Waals surface area contributed by atoms with Crippen LogP contribution in [0.5, 0.6) is 0 Å². The number of rotatable bonds is 4. The second-order valence-corrected chi connectivity index (χ2v) is 15.7. The molecule has 0 bridgehead atoms. The molecule has 0 saturated heterocycles. The lowest BCUT2D eigenvalue weighted by atomic mass is 9.82. The van der Waals surface area contributed by atoms with E-state index in [1.807, 2.05) is 12.1 Å². The van der Waals surface area contributed by atoms with Crippen molar-refractivity contribution in [3.05, 3.63) is 187 Å². The Hall–Kier alpha value is -7.10. The van der Waals surface area contributed by atoms with Gasteiger partial charge in [-0.05, 0) is 86.3 Å². The Kier molecular flexibility index (Phi) is 6.40. The summed E-state index contributed by atoms with van der Waals surface area (Å²) < 4.78 is 14.0. The van der Waals surface area contributed by atoms with Crippen molar-refractivity contribution in [1.82, 2.24) is 0 Å². The maximum absolute atomic E-state index is 7.31. The Labute approximate surface area is 323 Å². The summed E-state index contributed by atoms with van der Waals surface area (Å²) >= 11 is 0. The fraction of sp³-hybridized carbons (Fsp3) is 0.0566. The van der Waals surface area contributed by atoms with E-state index in [0.29, 0.717) is 0 Å². The molecule has 0 unspecified atom stereocenters. The molecule has 3 nitrogen and oxygen atoms in total. The number of hydrogen-bond acceptors (Lipinski definition) is 3. The van der Waals surface area contributed by atoms with E-state index >= 15 is 0 Å². The van der Waals surface area contributed by atoms with Crippen molar-refractivity contribution in [2.75, 3.05) is 4.90 Å². The summed E-state index contributed by atoms with van der Waals surface area (Å²) in [7, 11) is 0. The molecule has 264 valence electrons. The summed E-state index contributed by atoms with van der Waals surface area (Å²) in [6.07, 6.45) is 0. The predicted octanol–water partition coefficient (Wildman–Crippen LogP) is 15.2. The van der Waals surface area contributed by atoms with Crippen LogP contribution in [-0.4, -0.2) is 0 Å². The molecule has 0 atom stereocenters. The molecule has 0 N–H and O–H groups in total. The number of furan rings is 2. The number of nitrogens with zero attached hydrogens (tertiary/aromatic N) is 1. The zero-order valence-electron chi connectivity index (χ0n) is 31.0. The lowest BCUT2D eigenvalue weighted by molar-refractivity contribution is 0.660. The Morgan fingerprint density at radius 1 is 0.393 bits per heavy atom. The van der Waals surface area contributed by atoms with Crippen LogP contribution in [0.1, 0.15) is 25.0 Å². The van der Waals surface area contributed by atoms with Gasteiger partial charge in [0, 0.05) is 49.5 Å². The molecule has 3 heteroatoms. The minimum Gasteiger partial charge on any atom is -0.455 e. The highest BCUT2D eigenvalue weighted by Gasteiger charge is 2.36. The molecule has 0 amide bonds. The van der Waals surface area contributed by atoms with E-state index in [0.717, 1.165) is 82.8 Å². The van der Waals surface area contributed by atoms with E-state index in [1.165, 1.54) is 33.0 Å². The van der Waals surface area contributed by atoms with Gasteiger partial charge in [-0.1, -0.05) is 147 Å². The Morgan fingerprint density at radius 3 is 1.93 bits per heavy atom. The molecule has 2 aromatic heterocycles. The largest absolute Gasteiger partial charge is 0.455 e. The number of para-hydroxylation sites is 3. The fourth-order valence-electron chi connectivity index (χ4n) is 9.54. The molecule has 1 aliphatic rings. The van der Waals surface area contributed by atoms with Gasteiger partial charge in [-0.25, -0.2) is 0 Å². The SMILES string of the molecule is CC1(C)c2ccccc2-c2ccc(N(c3ccc4ccccc4c3)c3cccc4c3oc3c(-c5cccc6c5oc5ccccc56)c5ccccc5cc34)cc21. The maximum atomic E-state index is 7.31. The zero-order valence-corrected chi connectivity index (χ0v) is 31.0. The first kappa shape index (κ1) is 31.3. The molecule has 0 fully saturated rings. The van der Waals surface area contributed by atoms with Crippen LogP contribution in [0.3, 0.4) is 0 Å². The highest BCUT2D eigenvalue weighted by Crippen LogP contribution is 2.52. The van der Waals surface area contributed by atoms with E-state index in [2.05, 4.69) is 183 Å². The predicted molar refractivity (Wildman–Crippen MR) is 234 cm³/mol. The van der Waals surface area contributed by atoms with Gasteiger partial charge in [0.05, 0.1) is 5.69 Å². The van der Waals surface area contributed by atoms with Crippen molar-refractivity contribution in [3.63, 3.8) is 0 Å². The standard InChI is InChI=1S/C53H35NO2/c1-53(2)45-22-9-7-17-38(45)39-28-27-36(31-46(39)53)54(35-26-25-32-13-3-4-14-33(32)29-35)47-23-12-20-42-44-30-34-15-5-6-16-37(34)49(52(44)56-51(42)47)43-21-11-19-41-40-18-8-10-24-48(40)55-50(41)43/h3-31H,1-2H3. The molecule has 2 heterocycles. The van der Waals surface area contributed by atoms with Gasteiger partial charge in [0.1, 0.15) is 16.7 Å². The van der Waals surface area contributed by atoms with E-state index in [9.17, 15) is 0 Å². The van der Waals surface area contributed by atoms with Crippen LogP contribution in [-0.2, 0) is 5.41 Å². The van der Waals surface area contributed by atoms with E-state index in [4.69, 9.17) is 8.83 Å². The first-order valence-corrected chi connectivity index (χ1v) is 19.3. The Bertz CT molecular complexity index is 3420. The van der Waals surface area contributed by atoms with E-state index in [1.54, 1.807) is 0 Å². The first-order chi connectivity index (χ1) is 27.5. The second kappa shape index (κ2) is 11.5. The van der Waals surface area contributed by atoms with Gasteiger partial charge in [-0.3, -0.25) is 0 Å². The van der Waals surface area contributed by atoms with Crippen LogP contribution in [0.2, 0.25) is 0 Å². The molecule has 0 aliphatic heterocycles.